The molecule has 0 saturated carbocycles. The van der Waals surface area contributed by atoms with Crippen molar-refractivity contribution in [3.8, 4) is 5.75 Å². The minimum Gasteiger partial charge on any atom is -0.481 e. The first-order chi connectivity index (χ1) is 9.95. The molecule has 0 bridgehead atoms. The van der Waals surface area contributed by atoms with Crippen LogP contribution in [0.1, 0.15) is 30.0 Å². The van der Waals surface area contributed by atoms with E-state index in [0.29, 0.717) is 22.9 Å². The van der Waals surface area contributed by atoms with E-state index < -0.39 is 6.10 Å². The highest BCUT2D eigenvalue weighted by molar-refractivity contribution is 5.94. The molecule has 0 fully saturated rings. The smallest absolute Gasteiger partial charge is 0.266 e. The van der Waals surface area contributed by atoms with Crippen LogP contribution in [0.3, 0.4) is 0 Å². The molecule has 0 spiro atoms. The SMILES string of the molecule is CC(=O)c1ccc(OC(C)C(=O)Nc2cc(C)on2)cc1. The number of amides is 1. The Morgan fingerprint density at radius 2 is 1.95 bits per heavy atom. The summed E-state index contributed by atoms with van der Waals surface area (Å²) in [4.78, 5) is 23.1. The van der Waals surface area contributed by atoms with Crippen LogP contribution in [0.2, 0.25) is 0 Å². The number of hydrogen-bond acceptors (Lipinski definition) is 5. The maximum atomic E-state index is 11.9. The van der Waals surface area contributed by atoms with E-state index in [9.17, 15) is 9.59 Å². The van der Waals surface area contributed by atoms with Crippen LogP contribution in [-0.4, -0.2) is 23.0 Å². The van der Waals surface area contributed by atoms with Gasteiger partial charge in [0, 0.05) is 11.6 Å². The van der Waals surface area contributed by atoms with Crippen molar-refractivity contribution < 1.29 is 18.8 Å². The Morgan fingerprint density at radius 3 is 2.48 bits per heavy atom. The first-order valence-electron chi connectivity index (χ1n) is 6.47. The van der Waals surface area contributed by atoms with Crippen molar-refractivity contribution in [2.24, 2.45) is 0 Å². The van der Waals surface area contributed by atoms with Crippen LogP contribution in [0, 0.1) is 6.92 Å². The number of hydrogen-bond donors (Lipinski definition) is 1. The number of Topliss-reactive ketones (excluding diaryl/α,β-unsaturated/α-hetero) is 1. The average Bonchev–Trinajstić information content (AvgIpc) is 2.84. The van der Waals surface area contributed by atoms with Gasteiger partial charge in [-0.2, -0.15) is 0 Å². The van der Waals surface area contributed by atoms with E-state index in [1.807, 2.05) is 0 Å². The van der Waals surface area contributed by atoms with Gasteiger partial charge in [-0.3, -0.25) is 9.59 Å². The van der Waals surface area contributed by atoms with Gasteiger partial charge >= 0.3 is 0 Å². The van der Waals surface area contributed by atoms with Crippen molar-refractivity contribution in [2.75, 3.05) is 5.32 Å². The number of ether oxygens (including phenoxy) is 1. The fourth-order valence-electron chi connectivity index (χ4n) is 1.68. The normalized spacial score (nSPS) is 11.8. The Morgan fingerprint density at radius 1 is 1.29 bits per heavy atom. The highest BCUT2D eigenvalue weighted by Gasteiger charge is 2.16. The molecule has 21 heavy (non-hydrogen) atoms. The van der Waals surface area contributed by atoms with Gasteiger partial charge in [0.1, 0.15) is 11.5 Å². The van der Waals surface area contributed by atoms with Crippen molar-refractivity contribution >= 4 is 17.5 Å². The molecule has 0 aliphatic rings. The van der Waals surface area contributed by atoms with Crippen LogP contribution < -0.4 is 10.1 Å². The molecule has 1 aromatic heterocycles. The van der Waals surface area contributed by atoms with Crippen molar-refractivity contribution in [3.63, 3.8) is 0 Å². The van der Waals surface area contributed by atoms with E-state index >= 15 is 0 Å². The molecule has 0 aliphatic heterocycles. The molecular formula is C15H16N2O4. The lowest BCUT2D eigenvalue weighted by Crippen LogP contribution is -2.30. The standard InChI is InChI=1S/C15H16N2O4/c1-9-8-14(17-21-9)16-15(19)11(3)20-13-6-4-12(5-7-13)10(2)18/h4-8,11H,1-3H3,(H,16,17,19). The lowest BCUT2D eigenvalue weighted by atomic mass is 10.1. The molecule has 1 aromatic carbocycles. The fraction of sp³-hybridized carbons (Fsp3) is 0.267. The zero-order valence-corrected chi connectivity index (χ0v) is 12.0. The summed E-state index contributed by atoms with van der Waals surface area (Å²) in [7, 11) is 0. The van der Waals surface area contributed by atoms with E-state index in [-0.39, 0.29) is 11.7 Å². The van der Waals surface area contributed by atoms with Crippen molar-refractivity contribution in [3.05, 3.63) is 41.7 Å². The first-order valence-corrected chi connectivity index (χ1v) is 6.47. The highest BCUT2D eigenvalue weighted by atomic mass is 16.5. The van der Waals surface area contributed by atoms with Crippen LogP contribution in [0.4, 0.5) is 5.82 Å². The summed E-state index contributed by atoms with van der Waals surface area (Å²) in [5.41, 5.74) is 0.595. The monoisotopic (exact) mass is 288 g/mol. The van der Waals surface area contributed by atoms with Crippen LogP contribution in [-0.2, 0) is 4.79 Å². The van der Waals surface area contributed by atoms with Gasteiger partial charge in [0.15, 0.2) is 17.7 Å². The number of benzene rings is 1. The van der Waals surface area contributed by atoms with Crippen molar-refractivity contribution in [1.82, 2.24) is 5.16 Å². The number of nitrogens with one attached hydrogen (secondary N) is 1. The highest BCUT2D eigenvalue weighted by Crippen LogP contribution is 2.15. The quantitative estimate of drug-likeness (QED) is 0.855. The van der Waals surface area contributed by atoms with Gasteiger partial charge in [-0.05, 0) is 45.0 Å². The van der Waals surface area contributed by atoms with E-state index in [1.165, 1.54) is 6.92 Å². The fourth-order valence-corrected chi connectivity index (χ4v) is 1.68. The number of nitrogens with zero attached hydrogens (tertiary/aromatic N) is 1. The number of ketones is 1. The summed E-state index contributed by atoms with van der Waals surface area (Å²) in [6.45, 7) is 4.85. The maximum Gasteiger partial charge on any atom is 0.266 e. The third kappa shape index (κ3) is 3.92. The maximum absolute atomic E-state index is 11.9. The Labute approximate surface area is 122 Å². The van der Waals surface area contributed by atoms with Gasteiger partial charge in [-0.1, -0.05) is 5.16 Å². The number of rotatable bonds is 5. The molecule has 1 amide bonds. The molecule has 1 atom stereocenters. The first kappa shape index (κ1) is 14.8. The Kier molecular flexibility index (Phi) is 4.37. The summed E-state index contributed by atoms with van der Waals surface area (Å²) in [6.07, 6.45) is -0.704. The second-order valence-electron chi connectivity index (χ2n) is 4.65. The van der Waals surface area contributed by atoms with Crippen molar-refractivity contribution in [1.29, 1.82) is 0 Å². The topological polar surface area (TPSA) is 81.4 Å². The summed E-state index contributed by atoms with van der Waals surface area (Å²) in [5, 5.41) is 6.27. The molecule has 6 nitrogen and oxygen atoms in total. The predicted molar refractivity (Wildman–Crippen MR) is 76.4 cm³/mol. The molecule has 1 heterocycles. The average molecular weight is 288 g/mol. The summed E-state index contributed by atoms with van der Waals surface area (Å²) >= 11 is 0. The Hall–Kier alpha value is -2.63. The Balaban J connectivity index is 1.95. The predicted octanol–water partition coefficient (Wildman–Crippen LogP) is 2.59. The lowest BCUT2D eigenvalue weighted by Gasteiger charge is -2.13. The van der Waals surface area contributed by atoms with Gasteiger partial charge in [0.05, 0.1) is 0 Å². The Bertz CT molecular complexity index is 646. The van der Waals surface area contributed by atoms with Crippen LogP contribution in [0.15, 0.2) is 34.9 Å². The largest absolute Gasteiger partial charge is 0.481 e. The second kappa shape index (κ2) is 6.21. The number of aryl methyl sites for hydroxylation is 1. The molecule has 6 heteroatoms. The summed E-state index contributed by atoms with van der Waals surface area (Å²) in [5.74, 6) is 1.12. The van der Waals surface area contributed by atoms with Crippen LogP contribution in [0.25, 0.3) is 0 Å². The molecule has 2 rings (SSSR count). The molecule has 110 valence electrons. The molecule has 0 aliphatic carbocycles. The van der Waals surface area contributed by atoms with E-state index in [0.717, 1.165) is 0 Å². The minimum absolute atomic E-state index is 0.0197. The molecule has 2 aromatic rings. The third-order valence-corrected chi connectivity index (χ3v) is 2.82. The number of carbonyl (C=O) groups excluding carboxylic acids is 2. The van der Waals surface area contributed by atoms with E-state index in [1.54, 1.807) is 44.2 Å². The van der Waals surface area contributed by atoms with Gasteiger partial charge in [0.25, 0.3) is 5.91 Å². The molecule has 1 unspecified atom stereocenters. The molecule has 1 N–H and O–H groups in total. The molecular weight excluding hydrogens is 272 g/mol. The summed E-state index contributed by atoms with van der Waals surface area (Å²) < 4.78 is 10.4. The number of anilines is 1. The minimum atomic E-state index is -0.704. The van der Waals surface area contributed by atoms with Gasteiger partial charge in [0.2, 0.25) is 0 Å². The van der Waals surface area contributed by atoms with Crippen molar-refractivity contribution in [2.45, 2.75) is 26.9 Å². The number of carbonyl (C=O) groups is 2. The van der Waals surface area contributed by atoms with E-state index in [2.05, 4.69) is 10.5 Å². The molecule has 0 radical (unpaired) electrons. The zero-order valence-electron chi connectivity index (χ0n) is 12.0. The van der Waals surface area contributed by atoms with Crippen LogP contribution in [0.5, 0.6) is 5.75 Å². The van der Waals surface area contributed by atoms with Gasteiger partial charge < -0.3 is 14.6 Å². The van der Waals surface area contributed by atoms with Crippen LogP contribution >= 0.6 is 0 Å². The van der Waals surface area contributed by atoms with Gasteiger partial charge in [-0.15, -0.1) is 0 Å². The lowest BCUT2D eigenvalue weighted by molar-refractivity contribution is -0.122. The second-order valence-corrected chi connectivity index (χ2v) is 4.65. The molecule has 0 saturated heterocycles. The number of aromatic nitrogens is 1. The zero-order chi connectivity index (χ0) is 15.4. The van der Waals surface area contributed by atoms with E-state index in [4.69, 9.17) is 9.26 Å². The third-order valence-electron chi connectivity index (χ3n) is 2.82. The summed E-state index contributed by atoms with van der Waals surface area (Å²) in [6, 6.07) is 8.24. The van der Waals surface area contributed by atoms with Gasteiger partial charge in [-0.25, -0.2) is 0 Å².